The third-order valence-corrected chi connectivity index (χ3v) is 6.64. The van der Waals surface area contributed by atoms with Crippen molar-refractivity contribution in [2.24, 2.45) is 0 Å². The van der Waals surface area contributed by atoms with Crippen molar-refractivity contribution in [2.75, 3.05) is 33.5 Å². The molecule has 0 unspecified atom stereocenters. The molecule has 3 aromatic rings. The van der Waals surface area contributed by atoms with Crippen molar-refractivity contribution >= 4 is 40.7 Å². The monoisotopic (exact) mass is 670 g/mol. The number of aromatic nitrogens is 3. The molecule has 0 bridgehead atoms. The lowest BCUT2D eigenvalue weighted by molar-refractivity contribution is -0.134. The molecule has 0 aliphatic heterocycles. The SMILES string of the molecule is CN(C)C(=O)/C=C/CC[C@H](OC(=O)N(C)C)C(=O)Nc1cccn(Cc2nc3c(CCC(F)(F)F)c(F)cc(F)c3n2C(=O)O)c1=O. The number of alkyl halides is 3. The molecular weight excluding hydrogens is 639 g/mol. The summed E-state index contributed by atoms with van der Waals surface area (Å²) in [5.41, 5.74) is -3.37. The van der Waals surface area contributed by atoms with Gasteiger partial charge in [0.25, 0.3) is 11.5 Å². The molecule has 2 aromatic heterocycles. The molecule has 0 radical (unpaired) electrons. The second-order valence-electron chi connectivity index (χ2n) is 10.6. The molecule has 1 aromatic carbocycles. The topological polar surface area (TPSA) is 156 Å². The van der Waals surface area contributed by atoms with Gasteiger partial charge in [0.05, 0.1) is 12.1 Å². The Labute approximate surface area is 263 Å². The van der Waals surface area contributed by atoms with Crippen LogP contribution in [-0.4, -0.2) is 93.5 Å². The summed E-state index contributed by atoms with van der Waals surface area (Å²) in [4.78, 5) is 68.8. The van der Waals surface area contributed by atoms with Gasteiger partial charge in [-0.1, -0.05) is 6.08 Å². The summed E-state index contributed by atoms with van der Waals surface area (Å²) >= 11 is 0. The smallest absolute Gasteiger partial charge is 0.417 e. The molecule has 3 amide bonds. The van der Waals surface area contributed by atoms with Gasteiger partial charge in [-0.05, 0) is 37.5 Å². The van der Waals surface area contributed by atoms with Crippen LogP contribution in [0.1, 0.15) is 30.7 Å². The number of hydrogen-bond acceptors (Lipinski definition) is 7. The van der Waals surface area contributed by atoms with Crippen LogP contribution in [0, 0.1) is 11.6 Å². The molecule has 0 fully saturated rings. The number of aryl methyl sites for hydroxylation is 1. The summed E-state index contributed by atoms with van der Waals surface area (Å²) in [6.45, 7) is -0.687. The molecule has 0 saturated carbocycles. The van der Waals surface area contributed by atoms with E-state index < -0.39 is 89.4 Å². The maximum absolute atomic E-state index is 14.8. The number of carbonyl (C=O) groups is 4. The van der Waals surface area contributed by atoms with E-state index in [0.717, 1.165) is 9.47 Å². The largest absolute Gasteiger partial charge is 0.464 e. The van der Waals surface area contributed by atoms with Gasteiger partial charge in [0.1, 0.15) is 22.8 Å². The molecule has 2 heterocycles. The number of anilines is 1. The summed E-state index contributed by atoms with van der Waals surface area (Å²) < 4.78 is 74.4. The molecule has 0 aliphatic rings. The van der Waals surface area contributed by atoms with Crippen LogP contribution < -0.4 is 10.9 Å². The predicted octanol–water partition coefficient (Wildman–Crippen LogP) is 3.98. The van der Waals surface area contributed by atoms with Gasteiger partial charge in [0, 0.05) is 52.4 Å². The summed E-state index contributed by atoms with van der Waals surface area (Å²) in [7, 11) is 5.85. The number of halogens is 5. The standard InChI is InChI=1S/C29H31F5N6O7/c1-37(2)22(41)10-6-5-9-20(47-28(46)38(3)4)25(42)35-19-8-7-13-39(26(19)43)15-21-36-23-16(11-12-29(32,33)34)17(30)14-18(31)24(23)40(21)27(44)45/h6-8,10,13-14,20H,5,9,11-12,15H2,1-4H3,(H,35,42)(H,44,45)/b10-6+/t20-/m0/s1. The van der Waals surface area contributed by atoms with E-state index in [4.69, 9.17) is 4.74 Å². The molecule has 18 heteroatoms. The highest BCUT2D eigenvalue weighted by atomic mass is 19.4. The highest BCUT2D eigenvalue weighted by Crippen LogP contribution is 2.30. The van der Waals surface area contributed by atoms with E-state index in [1.165, 1.54) is 49.5 Å². The zero-order valence-electron chi connectivity index (χ0n) is 25.6. The molecule has 3 rings (SSSR count). The van der Waals surface area contributed by atoms with Crippen LogP contribution >= 0.6 is 0 Å². The zero-order valence-corrected chi connectivity index (χ0v) is 25.6. The van der Waals surface area contributed by atoms with Crippen LogP contribution in [0.5, 0.6) is 0 Å². The summed E-state index contributed by atoms with van der Waals surface area (Å²) in [6, 6.07) is 2.74. The summed E-state index contributed by atoms with van der Waals surface area (Å²) in [6.07, 6.45) is -7.27. The second-order valence-corrected chi connectivity index (χ2v) is 10.6. The fourth-order valence-electron chi connectivity index (χ4n) is 4.27. The Bertz CT molecular complexity index is 1760. The van der Waals surface area contributed by atoms with Crippen molar-refractivity contribution < 1.29 is 51.0 Å². The number of rotatable bonds is 11. The molecule has 0 aliphatic carbocycles. The maximum Gasteiger partial charge on any atom is 0.417 e. The van der Waals surface area contributed by atoms with Crippen molar-refractivity contribution in [3.8, 4) is 0 Å². The molecular formula is C29H31F5N6O7. The van der Waals surface area contributed by atoms with Crippen molar-refractivity contribution in [2.45, 2.75) is 44.5 Å². The van der Waals surface area contributed by atoms with Crippen LogP contribution in [0.4, 0.5) is 37.2 Å². The first kappa shape index (κ1) is 36.2. The number of fused-ring (bicyclic) bond motifs is 1. The van der Waals surface area contributed by atoms with Crippen molar-refractivity contribution in [1.29, 1.82) is 0 Å². The lowest BCUT2D eigenvalue weighted by Gasteiger charge is -2.19. The Balaban J connectivity index is 1.95. The number of carboxylic acid groups (broad SMARTS) is 1. The van der Waals surface area contributed by atoms with E-state index in [9.17, 15) is 51.0 Å². The van der Waals surface area contributed by atoms with E-state index in [2.05, 4.69) is 10.3 Å². The van der Waals surface area contributed by atoms with E-state index in [1.54, 1.807) is 14.1 Å². The first-order valence-electron chi connectivity index (χ1n) is 13.9. The minimum atomic E-state index is -4.70. The normalized spacial score (nSPS) is 12.3. The van der Waals surface area contributed by atoms with Crippen molar-refractivity contribution in [3.05, 3.63) is 69.9 Å². The fourth-order valence-corrected chi connectivity index (χ4v) is 4.27. The third-order valence-electron chi connectivity index (χ3n) is 6.64. The quantitative estimate of drug-likeness (QED) is 0.229. The Morgan fingerprint density at radius 3 is 2.38 bits per heavy atom. The number of benzene rings is 1. The number of imidazole rings is 1. The second kappa shape index (κ2) is 14.9. The molecule has 0 spiro atoms. The minimum absolute atomic E-state index is 0.0783. The molecule has 254 valence electrons. The Morgan fingerprint density at radius 1 is 1.11 bits per heavy atom. The number of likely N-dealkylation sites (N-methyl/N-ethyl adjacent to an activating group) is 1. The number of allylic oxidation sites excluding steroid dienone is 1. The number of hydrogen-bond donors (Lipinski definition) is 2. The zero-order chi connectivity index (χ0) is 35.2. The Kier molecular flexibility index (Phi) is 11.4. The van der Waals surface area contributed by atoms with E-state index in [-0.39, 0.29) is 30.5 Å². The molecule has 1 atom stereocenters. The van der Waals surface area contributed by atoms with Gasteiger partial charge in [-0.25, -0.2) is 27.9 Å². The van der Waals surface area contributed by atoms with E-state index in [1.807, 2.05) is 0 Å². The average Bonchev–Trinajstić information content (AvgIpc) is 3.35. The molecule has 47 heavy (non-hydrogen) atoms. The number of carbonyl (C=O) groups excluding carboxylic acids is 3. The number of ether oxygens (including phenoxy) is 1. The number of amides is 3. The third kappa shape index (κ3) is 9.14. The van der Waals surface area contributed by atoms with Gasteiger partial charge in [-0.3, -0.25) is 14.4 Å². The highest BCUT2D eigenvalue weighted by molar-refractivity contribution is 5.95. The molecule has 13 nitrogen and oxygen atoms in total. The van der Waals surface area contributed by atoms with Crippen molar-refractivity contribution in [3.63, 3.8) is 0 Å². The highest BCUT2D eigenvalue weighted by Gasteiger charge is 2.30. The predicted molar refractivity (Wildman–Crippen MR) is 157 cm³/mol. The molecule has 0 saturated heterocycles. The van der Waals surface area contributed by atoms with Gasteiger partial charge in [0.2, 0.25) is 5.91 Å². The first-order valence-corrected chi connectivity index (χ1v) is 13.9. The number of nitrogens with one attached hydrogen (secondary N) is 1. The lowest BCUT2D eigenvalue weighted by Crippen LogP contribution is -2.37. The van der Waals surface area contributed by atoms with Crippen LogP contribution in [-0.2, 0) is 27.3 Å². The van der Waals surface area contributed by atoms with Gasteiger partial charge >= 0.3 is 18.4 Å². The minimum Gasteiger partial charge on any atom is -0.464 e. The average molecular weight is 671 g/mol. The van der Waals surface area contributed by atoms with Crippen LogP contribution in [0.25, 0.3) is 11.0 Å². The van der Waals surface area contributed by atoms with Gasteiger partial charge < -0.3 is 29.5 Å². The molecule has 2 N–H and O–H groups in total. The van der Waals surface area contributed by atoms with Gasteiger partial charge in [0.15, 0.2) is 11.9 Å². The number of nitrogens with zero attached hydrogens (tertiary/aromatic N) is 5. The van der Waals surface area contributed by atoms with Gasteiger partial charge in [-0.2, -0.15) is 13.2 Å². The van der Waals surface area contributed by atoms with Crippen LogP contribution in [0.2, 0.25) is 0 Å². The van der Waals surface area contributed by atoms with Crippen LogP contribution in [0.15, 0.2) is 41.3 Å². The maximum atomic E-state index is 14.8. The number of pyridine rings is 1. The fraction of sp³-hybridized carbons (Fsp3) is 0.379. The first-order chi connectivity index (χ1) is 21.9. The lowest BCUT2D eigenvalue weighted by atomic mass is 10.1. The van der Waals surface area contributed by atoms with Gasteiger partial charge in [-0.15, -0.1) is 0 Å². The summed E-state index contributed by atoms with van der Waals surface area (Å²) in [5.74, 6) is -4.52. The van der Waals surface area contributed by atoms with Crippen molar-refractivity contribution in [1.82, 2.24) is 23.9 Å². The Morgan fingerprint density at radius 2 is 1.79 bits per heavy atom. The Hall–Kier alpha value is -5.29. The van der Waals surface area contributed by atoms with Crippen LogP contribution in [0.3, 0.4) is 0 Å². The summed E-state index contributed by atoms with van der Waals surface area (Å²) in [5, 5.41) is 12.1. The van der Waals surface area contributed by atoms with E-state index >= 15 is 0 Å². The van der Waals surface area contributed by atoms with E-state index in [0.29, 0.717) is 4.57 Å².